The van der Waals surface area contributed by atoms with E-state index in [0.29, 0.717) is 24.0 Å². The monoisotopic (exact) mass is 505 g/mol. The first kappa shape index (κ1) is 25.7. The second-order valence-corrected chi connectivity index (χ2v) is 9.92. The van der Waals surface area contributed by atoms with Gasteiger partial charge in [0.15, 0.2) is 0 Å². The van der Waals surface area contributed by atoms with Gasteiger partial charge in [0.25, 0.3) is 5.91 Å². The summed E-state index contributed by atoms with van der Waals surface area (Å²) in [5, 5.41) is 3.72. The topological polar surface area (TPSA) is 54.5 Å². The molecule has 0 spiro atoms. The van der Waals surface area contributed by atoms with Crippen LogP contribution < -0.4 is 15.0 Å². The molecule has 1 aliphatic carbocycles. The van der Waals surface area contributed by atoms with Crippen LogP contribution >= 0.6 is 0 Å². The van der Waals surface area contributed by atoms with Gasteiger partial charge in [-0.2, -0.15) is 0 Å². The van der Waals surface area contributed by atoms with Crippen molar-refractivity contribution in [3.05, 3.63) is 114 Å². The van der Waals surface area contributed by atoms with E-state index in [0.717, 1.165) is 23.4 Å². The fraction of sp³-hybridized carbons (Fsp3) is 0.273. The maximum absolute atomic E-state index is 13.5. The number of anilines is 1. The molecule has 4 aromatic rings. The molecule has 5 rings (SSSR count). The molecule has 1 fully saturated rings. The second kappa shape index (κ2) is 12.5. The molecule has 5 nitrogen and oxygen atoms in total. The number of amides is 1. The number of carbonyl (C=O) groups excluding carboxylic acids is 1. The fourth-order valence-electron chi connectivity index (χ4n) is 5.03. The average Bonchev–Trinajstić information content (AvgIpc) is 3.00. The molecule has 1 heterocycles. The van der Waals surface area contributed by atoms with Crippen LogP contribution in [0.5, 0.6) is 5.75 Å². The van der Waals surface area contributed by atoms with Crippen LogP contribution in [0.2, 0.25) is 0 Å². The Balaban J connectivity index is 1.27. The van der Waals surface area contributed by atoms with E-state index in [1.807, 2.05) is 18.2 Å². The molecule has 0 bridgehead atoms. The minimum absolute atomic E-state index is 0.104. The number of methoxy groups -OCH3 is 1. The summed E-state index contributed by atoms with van der Waals surface area (Å²) >= 11 is 0. The molecule has 1 N–H and O–H groups in total. The number of rotatable bonds is 9. The van der Waals surface area contributed by atoms with Crippen molar-refractivity contribution in [1.29, 1.82) is 0 Å². The first-order valence-electron chi connectivity index (χ1n) is 13.5. The highest BCUT2D eigenvalue weighted by Crippen LogP contribution is 2.24. The molecule has 1 aromatic heterocycles. The van der Waals surface area contributed by atoms with Gasteiger partial charge in [-0.05, 0) is 71.5 Å². The molecule has 3 aromatic carbocycles. The van der Waals surface area contributed by atoms with Gasteiger partial charge in [0.2, 0.25) is 0 Å². The number of pyridine rings is 1. The summed E-state index contributed by atoms with van der Waals surface area (Å²) in [5.74, 6) is 1.23. The lowest BCUT2D eigenvalue weighted by Crippen LogP contribution is -2.31. The first-order valence-corrected chi connectivity index (χ1v) is 13.5. The molecule has 0 atom stereocenters. The van der Waals surface area contributed by atoms with E-state index >= 15 is 0 Å². The number of ether oxygens (including phenoxy) is 1. The van der Waals surface area contributed by atoms with E-state index < -0.39 is 0 Å². The van der Waals surface area contributed by atoms with E-state index in [1.54, 1.807) is 42.5 Å². The van der Waals surface area contributed by atoms with Crippen molar-refractivity contribution >= 4 is 11.7 Å². The van der Waals surface area contributed by atoms with Crippen molar-refractivity contribution < 1.29 is 9.53 Å². The third-order valence-corrected chi connectivity index (χ3v) is 7.29. The third-order valence-electron chi connectivity index (χ3n) is 7.29. The Hall–Kier alpha value is -3.96. The standard InChI is InChI=1S/C33H35N3O2/c1-38-31-20-18-29(19-21-31)33(37)36(32-9-5-6-22-34-32)24-26-12-16-28(17-13-26)27-14-10-25(11-15-27)23-35-30-7-3-2-4-8-30/h5-6,9-22,30,35H,2-4,7-8,23-24H2,1H3. The predicted molar refractivity (Wildman–Crippen MR) is 153 cm³/mol. The molecule has 1 saturated carbocycles. The summed E-state index contributed by atoms with van der Waals surface area (Å²) in [7, 11) is 1.62. The molecule has 1 amide bonds. The van der Waals surface area contributed by atoms with Crippen molar-refractivity contribution in [3.63, 3.8) is 0 Å². The van der Waals surface area contributed by atoms with Gasteiger partial charge in [0.1, 0.15) is 11.6 Å². The highest BCUT2D eigenvalue weighted by atomic mass is 16.5. The summed E-state index contributed by atoms with van der Waals surface area (Å²) in [6.45, 7) is 1.35. The smallest absolute Gasteiger partial charge is 0.259 e. The molecule has 0 aliphatic heterocycles. The van der Waals surface area contributed by atoms with Gasteiger partial charge in [-0.25, -0.2) is 4.98 Å². The van der Waals surface area contributed by atoms with E-state index in [2.05, 4.69) is 58.8 Å². The molecule has 1 aliphatic rings. The zero-order valence-electron chi connectivity index (χ0n) is 22.0. The quantitative estimate of drug-likeness (QED) is 0.265. The van der Waals surface area contributed by atoms with Crippen LogP contribution in [0.25, 0.3) is 11.1 Å². The minimum atomic E-state index is -0.104. The van der Waals surface area contributed by atoms with E-state index in [9.17, 15) is 4.79 Å². The van der Waals surface area contributed by atoms with Crippen molar-refractivity contribution in [2.45, 2.75) is 51.2 Å². The molecule has 0 radical (unpaired) electrons. The van der Waals surface area contributed by atoms with Gasteiger partial charge in [0.05, 0.1) is 13.7 Å². The predicted octanol–water partition coefficient (Wildman–Crippen LogP) is 7.03. The number of carbonyl (C=O) groups is 1. The Morgan fingerprint density at radius 3 is 2.11 bits per heavy atom. The highest BCUT2D eigenvalue weighted by molar-refractivity contribution is 6.05. The van der Waals surface area contributed by atoms with Crippen molar-refractivity contribution in [2.24, 2.45) is 0 Å². The largest absolute Gasteiger partial charge is 0.497 e. The maximum Gasteiger partial charge on any atom is 0.259 e. The van der Waals surface area contributed by atoms with Gasteiger partial charge in [-0.3, -0.25) is 9.69 Å². The van der Waals surface area contributed by atoms with Crippen LogP contribution in [0.15, 0.2) is 97.2 Å². The van der Waals surface area contributed by atoms with Crippen LogP contribution in [0.1, 0.15) is 53.6 Å². The van der Waals surface area contributed by atoms with Crippen molar-refractivity contribution in [1.82, 2.24) is 10.3 Å². The molecule has 194 valence electrons. The lowest BCUT2D eigenvalue weighted by molar-refractivity contribution is 0.0984. The lowest BCUT2D eigenvalue weighted by Gasteiger charge is -2.23. The number of aromatic nitrogens is 1. The maximum atomic E-state index is 13.5. The van der Waals surface area contributed by atoms with Crippen LogP contribution in [0, 0.1) is 0 Å². The second-order valence-electron chi connectivity index (χ2n) is 9.92. The Kier molecular flexibility index (Phi) is 8.46. The number of nitrogens with zero attached hydrogens (tertiary/aromatic N) is 2. The van der Waals surface area contributed by atoms with Gasteiger partial charge >= 0.3 is 0 Å². The SMILES string of the molecule is COc1ccc(C(=O)N(Cc2ccc(-c3ccc(CNC4CCCCC4)cc3)cc2)c2ccccn2)cc1. The molecule has 0 unspecified atom stereocenters. The Morgan fingerprint density at radius 2 is 1.50 bits per heavy atom. The zero-order chi connectivity index (χ0) is 26.2. The first-order chi connectivity index (χ1) is 18.7. The van der Waals surface area contributed by atoms with Crippen LogP contribution in [0.3, 0.4) is 0 Å². The van der Waals surface area contributed by atoms with Crippen LogP contribution in [-0.2, 0) is 13.1 Å². The third kappa shape index (κ3) is 6.48. The Morgan fingerprint density at radius 1 is 0.842 bits per heavy atom. The molecule has 5 heteroatoms. The minimum Gasteiger partial charge on any atom is -0.497 e. The Bertz CT molecular complexity index is 1300. The fourth-order valence-corrected chi connectivity index (χ4v) is 5.03. The number of hydrogen-bond donors (Lipinski definition) is 1. The van der Waals surface area contributed by atoms with E-state index in [4.69, 9.17) is 4.74 Å². The summed E-state index contributed by atoms with van der Waals surface area (Å²) in [5.41, 5.74) is 5.29. The molecule has 38 heavy (non-hydrogen) atoms. The summed E-state index contributed by atoms with van der Waals surface area (Å²) in [6.07, 6.45) is 8.39. The summed E-state index contributed by atoms with van der Waals surface area (Å²) in [6, 6.07) is 30.7. The van der Waals surface area contributed by atoms with Gasteiger partial charge < -0.3 is 10.1 Å². The summed E-state index contributed by atoms with van der Waals surface area (Å²) in [4.78, 5) is 19.6. The summed E-state index contributed by atoms with van der Waals surface area (Å²) < 4.78 is 5.24. The molecular weight excluding hydrogens is 470 g/mol. The average molecular weight is 506 g/mol. The van der Waals surface area contributed by atoms with E-state index in [-0.39, 0.29) is 5.91 Å². The van der Waals surface area contributed by atoms with Crippen LogP contribution in [0.4, 0.5) is 5.82 Å². The van der Waals surface area contributed by atoms with Gasteiger partial charge in [-0.15, -0.1) is 0 Å². The molecular formula is C33H35N3O2. The van der Waals surface area contributed by atoms with Gasteiger partial charge in [0, 0.05) is 24.3 Å². The number of hydrogen-bond acceptors (Lipinski definition) is 4. The van der Waals surface area contributed by atoms with Gasteiger partial charge in [-0.1, -0.05) is 73.9 Å². The molecule has 0 saturated heterocycles. The zero-order valence-corrected chi connectivity index (χ0v) is 22.0. The van der Waals surface area contributed by atoms with Crippen molar-refractivity contribution in [2.75, 3.05) is 12.0 Å². The van der Waals surface area contributed by atoms with Crippen molar-refractivity contribution in [3.8, 4) is 16.9 Å². The Labute approximate surface area is 225 Å². The highest BCUT2D eigenvalue weighted by Gasteiger charge is 2.19. The van der Waals surface area contributed by atoms with Crippen LogP contribution in [-0.4, -0.2) is 24.0 Å². The number of benzene rings is 3. The normalized spacial score (nSPS) is 13.7. The lowest BCUT2D eigenvalue weighted by atomic mass is 9.95. The van der Waals surface area contributed by atoms with E-state index in [1.165, 1.54) is 43.2 Å². The number of nitrogens with one attached hydrogen (secondary N) is 1.